The van der Waals surface area contributed by atoms with Crippen molar-refractivity contribution in [3.8, 4) is 0 Å². The first-order valence-electron chi connectivity index (χ1n) is 5.92. The smallest absolute Gasteiger partial charge is 0.383 e. The van der Waals surface area contributed by atoms with E-state index in [1.807, 2.05) is 0 Å². The van der Waals surface area contributed by atoms with Gasteiger partial charge in [-0.25, -0.2) is 0 Å². The van der Waals surface area contributed by atoms with Gasteiger partial charge in [0.25, 0.3) is 0 Å². The predicted octanol–water partition coefficient (Wildman–Crippen LogP) is 2.42. The lowest BCUT2D eigenvalue weighted by molar-refractivity contribution is -0.223. The summed E-state index contributed by atoms with van der Waals surface area (Å²) < 4.78 is 36.8. The van der Waals surface area contributed by atoms with Crippen molar-refractivity contribution in [2.75, 3.05) is 19.6 Å². The van der Waals surface area contributed by atoms with Gasteiger partial charge in [0.15, 0.2) is 6.10 Å². The lowest BCUT2D eigenvalue weighted by Crippen LogP contribution is -2.43. The molecule has 1 unspecified atom stereocenters. The Morgan fingerprint density at radius 3 is 2.31 bits per heavy atom. The van der Waals surface area contributed by atoms with E-state index in [0.29, 0.717) is 25.9 Å². The molecule has 0 spiro atoms. The van der Waals surface area contributed by atoms with Crippen LogP contribution in [0.5, 0.6) is 0 Å². The summed E-state index contributed by atoms with van der Waals surface area (Å²) in [5.41, 5.74) is 0. The molecule has 0 radical (unpaired) electrons. The van der Waals surface area contributed by atoms with Crippen LogP contribution in [0.3, 0.4) is 0 Å². The predicted molar refractivity (Wildman–Crippen MR) is 56.1 cm³/mol. The van der Waals surface area contributed by atoms with Crippen molar-refractivity contribution in [3.05, 3.63) is 0 Å². The first kappa shape index (κ1) is 13.8. The number of halogens is 3. The number of piperidine rings is 1. The van der Waals surface area contributed by atoms with Crippen LogP contribution in [-0.2, 0) is 0 Å². The van der Waals surface area contributed by atoms with E-state index in [-0.39, 0.29) is 0 Å². The summed E-state index contributed by atoms with van der Waals surface area (Å²) in [6, 6.07) is 0. The number of unbranched alkanes of at least 4 members (excludes halogenated alkanes) is 1. The molecule has 1 atom stereocenters. The van der Waals surface area contributed by atoms with Crippen molar-refractivity contribution in [1.29, 1.82) is 0 Å². The highest BCUT2D eigenvalue weighted by Gasteiger charge is 2.43. The Hall–Kier alpha value is -0.290. The maximum atomic E-state index is 12.3. The Balaban J connectivity index is 2.31. The summed E-state index contributed by atoms with van der Waals surface area (Å²) in [7, 11) is 0. The molecule has 96 valence electrons. The van der Waals surface area contributed by atoms with Gasteiger partial charge in [0, 0.05) is 0 Å². The summed E-state index contributed by atoms with van der Waals surface area (Å²) in [6.45, 7) is 4.42. The number of aliphatic hydroxyl groups excluding tert-OH is 1. The van der Waals surface area contributed by atoms with Crippen LogP contribution in [-0.4, -0.2) is 41.9 Å². The minimum absolute atomic E-state index is 0.449. The normalized spacial score (nSPS) is 22.3. The van der Waals surface area contributed by atoms with Gasteiger partial charge < -0.3 is 10.0 Å². The number of aliphatic hydroxyl groups is 1. The van der Waals surface area contributed by atoms with Gasteiger partial charge in [0.05, 0.1) is 0 Å². The zero-order valence-electron chi connectivity index (χ0n) is 9.63. The Kier molecular flexibility index (Phi) is 5.05. The van der Waals surface area contributed by atoms with Crippen molar-refractivity contribution < 1.29 is 18.3 Å². The summed E-state index contributed by atoms with van der Waals surface area (Å²) in [6.07, 6.45) is -3.51. The summed E-state index contributed by atoms with van der Waals surface area (Å²) in [5.74, 6) is -0.613. The Morgan fingerprint density at radius 1 is 1.31 bits per heavy atom. The minimum atomic E-state index is -4.46. The van der Waals surface area contributed by atoms with Gasteiger partial charge in [-0.3, -0.25) is 0 Å². The Morgan fingerprint density at radius 2 is 1.88 bits per heavy atom. The number of rotatable bonds is 4. The molecule has 0 aromatic rings. The first-order valence-corrected chi connectivity index (χ1v) is 5.92. The lowest BCUT2D eigenvalue weighted by atomic mass is 9.91. The molecular formula is C11H20F3NO. The van der Waals surface area contributed by atoms with E-state index in [1.54, 1.807) is 0 Å². The van der Waals surface area contributed by atoms with Crippen LogP contribution in [0.2, 0.25) is 0 Å². The maximum Gasteiger partial charge on any atom is 0.414 e. The molecule has 1 rings (SSSR count). The third kappa shape index (κ3) is 3.94. The van der Waals surface area contributed by atoms with Crippen LogP contribution in [0.15, 0.2) is 0 Å². The van der Waals surface area contributed by atoms with Crippen LogP contribution in [0, 0.1) is 5.92 Å². The quantitative estimate of drug-likeness (QED) is 0.814. The average Bonchev–Trinajstić information content (AvgIpc) is 2.25. The largest absolute Gasteiger partial charge is 0.414 e. The second-order valence-corrected chi connectivity index (χ2v) is 4.52. The third-order valence-corrected chi connectivity index (χ3v) is 3.24. The fourth-order valence-corrected chi connectivity index (χ4v) is 2.14. The van der Waals surface area contributed by atoms with Crippen molar-refractivity contribution in [1.82, 2.24) is 4.90 Å². The van der Waals surface area contributed by atoms with Gasteiger partial charge in [-0.1, -0.05) is 13.3 Å². The van der Waals surface area contributed by atoms with Crippen molar-refractivity contribution in [2.45, 2.75) is 44.9 Å². The van der Waals surface area contributed by atoms with E-state index in [9.17, 15) is 13.2 Å². The third-order valence-electron chi connectivity index (χ3n) is 3.24. The number of alkyl halides is 3. The molecule has 0 aliphatic carbocycles. The second kappa shape index (κ2) is 5.87. The zero-order valence-corrected chi connectivity index (χ0v) is 9.63. The highest BCUT2D eigenvalue weighted by molar-refractivity contribution is 4.81. The van der Waals surface area contributed by atoms with E-state index in [2.05, 4.69) is 11.8 Å². The molecule has 1 aliphatic heterocycles. The van der Waals surface area contributed by atoms with Crippen molar-refractivity contribution in [3.63, 3.8) is 0 Å². The van der Waals surface area contributed by atoms with Gasteiger partial charge in [-0.05, 0) is 44.8 Å². The standard InChI is InChI=1S/C11H20F3NO/c1-2-3-6-15-7-4-9(5-8-15)10(16)11(12,13)14/h9-10,16H,2-8H2,1H3. The number of likely N-dealkylation sites (tertiary alicyclic amines) is 1. The number of hydrogen-bond acceptors (Lipinski definition) is 2. The molecule has 0 aromatic heterocycles. The first-order chi connectivity index (χ1) is 7.45. The SMILES string of the molecule is CCCCN1CCC(C(O)C(F)(F)F)CC1. The van der Waals surface area contributed by atoms with E-state index in [1.165, 1.54) is 0 Å². The lowest BCUT2D eigenvalue weighted by Gasteiger charge is -2.34. The minimum Gasteiger partial charge on any atom is -0.383 e. The van der Waals surface area contributed by atoms with E-state index >= 15 is 0 Å². The average molecular weight is 239 g/mol. The molecule has 0 saturated carbocycles. The van der Waals surface area contributed by atoms with Crippen LogP contribution < -0.4 is 0 Å². The molecule has 1 aliphatic rings. The molecule has 5 heteroatoms. The topological polar surface area (TPSA) is 23.5 Å². The number of nitrogens with zero attached hydrogens (tertiary/aromatic N) is 1. The van der Waals surface area contributed by atoms with Crippen molar-refractivity contribution >= 4 is 0 Å². The molecule has 1 fully saturated rings. The molecule has 0 bridgehead atoms. The van der Waals surface area contributed by atoms with Crippen LogP contribution in [0.25, 0.3) is 0 Å². The molecule has 16 heavy (non-hydrogen) atoms. The fraction of sp³-hybridized carbons (Fsp3) is 1.00. The Labute approximate surface area is 94.4 Å². The van der Waals surface area contributed by atoms with E-state index < -0.39 is 18.2 Å². The monoisotopic (exact) mass is 239 g/mol. The molecule has 1 saturated heterocycles. The maximum absolute atomic E-state index is 12.3. The van der Waals surface area contributed by atoms with Crippen LogP contribution in [0.4, 0.5) is 13.2 Å². The highest BCUT2D eigenvalue weighted by Crippen LogP contribution is 2.31. The molecule has 0 aromatic carbocycles. The zero-order chi connectivity index (χ0) is 12.2. The molecule has 0 amide bonds. The summed E-state index contributed by atoms with van der Waals surface area (Å²) in [5, 5.41) is 9.13. The van der Waals surface area contributed by atoms with E-state index in [4.69, 9.17) is 5.11 Å². The second-order valence-electron chi connectivity index (χ2n) is 4.52. The molecule has 1 N–H and O–H groups in total. The van der Waals surface area contributed by atoms with Crippen molar-refractivity contribution in [2.24, 2.45) is 5.92 Å². The molecular weight excluding hydrogens is 219 g/mol. The Bertz CT molecular complexity index is 200. The van der Waals surface area contributed by atoms with Gasteiger partial charge in [-0.2, -0.15) is 13.2 Å². The highest BCUT2D eigenvalue weighted by atomic mass is 19.4. The van der Waals surface area contributed by atoms with Gasteiger partial charge >= 0.3 is 6.18 Å². The van der Waals surface area contributed by atoms with E-state index in [0.717, 1.165) is 19.4 Å². The van der Waals surface area contributed by atoms with Gasteiger partial charge in [0.1, 0.15) is 0 Å². The van der Waals surface area contributed by atoms with Crippen LogP contribution >= 0.6 is 0 Å². The van der Waals surface area contributed by atoms with Gasteiger partial charge in [-0.15, -0.1) is 0 Å². The summed E-state index contributed by atoms with van der Waals surface area (Å²) >= 11 is 0. The number of hydrogen-bond donors (Lipinski definition) is 1. The summed E-state index contributed by atoms with van der Waals surface area (Å²) in [4.78, 5) is 2.18. The fourth-order valence-electron chi connectivity index (χ4n) is 2.14. The van der Waals surface area contributed by atoms with Gasteiger partial charge in [0.2, 0.25) is 0 Å². The molecule has 2 nitrogen and oxygen atoms in total. The van der Waals surface area contributed by atoms with Crippen LogP contribution in [0.1, 0.15) is 32.6 Å². The molecule has 1 heterocycles.